The zero-order chi connectivity index (χ0) is 26.8. The van der Waals surface area contributed by atoms with Gasteiger partial charge in [-0.05, 0) is 59.7 Å². The molecule has 3 aromatic rings. The summed E-state index contributed by atoms with van der Waals surface area (Å²) >= 11 is 0. The lowest BCUT2D eigenvalue weighted by atomic mass is 10.2. The minimum Gasteiger partial charge on any atom is -0.477 e. The number of benzene rings is 1. The van der Waals surface area contributed by atoms with Crippen molar-refractivity contribution in [3.63, 3.8) is 0 Å². The van der Waals surface area contributed by atoms with Gasteiger partial charge in [-0.2, -0.15) is 5.10 Å². The standard InChI is InChI=1S/C25H33N5O6/c1-24(2,3)35-22(33)29(15-16-14-19(21(31)32)28(7)27-16)13-12-20-26-17-10-8-9-11-18(17)30(20)23(34)36-25(4,5)6/h8-11,14H,12-13,15H2,1-7H3,(H,31,32). The van der Waals surface area contributed by atoms with E-state index in [0.29, 0.717) is 22.6 Å². The van der Waals surface area contributed by atoms with Crippen LogP contribution in [0, 0.1) is 0 Å². The number of aromatic nitrogens is 4. The highest BCUT2D eigenvalue weighted by molar-refractivity contribution is 5.87. The van der Waals surface area contributed by atoms with E-state index in [0.717, 1.165) is 0 Å². The number of fused-ring (bicyclic) bond motifs is 1. The van der Waals surface area contributed by atoms with Gasteiger partial charge in [0.25, 0.3) is 0 Å². The lowest BCUT2D eigenvalue weighted by Gasteiger charge is -2.27. The molecular weight excluding hydrogens is 466 g/mol. The van der Waals surface area contributed by atoms with Crippen LogP contribution in [-0.4, -0.2) is 65.2 Å². The molecule has 0 saturated carbocycles. The van der Waals surface area contributed by atoms with E-state index in [4.69, 9.17) is 9.47 Å². The minimum atomic E-state index is -1.12. The summed E-state index contributed by atoms with van der Waals surface area (Å²) in [5.41, 5.74) is 0.167. The van der Waals surface area contributed by atoms with Gasteiger partial charge in [-0.3, -0.25) is 4.68 Å². The second kappa shape index (κ2) is 10.00. The van der Waals surface area contributed by atoms with Crippen LogP contribution in [0.1, 0.15) is 63.5 Å². The molecule has 0 atom stereocenters. The average molecular weight is 500 g/mol. The maximum Gasteiger partial charge on any atom is 0.420 e. The molecule has 0 aliphatic heterocycles. The number of carbonyl (C=O) groups excluding carboxylic acids is 2. The number of para-hydroxylation sites is 2. The van der Waals surface area contributed by atoms with Gasteiger partial charge in [-0.1, -0.05) is 12.1 Å². The zero-order valence-corrected chi connectivity index (χ0v) is 21.7. The van der Waals surface area contributed by atoms with Gasteiger partial charge in [0.1, 0.15) is 22.7 Å². The Labute approximate surface area is 209 Å². The number of rotatable bonds is 6. The maximum atomic E-state index is 13.0. The van der Waals surface area contributed by atoms with Gasteiger partial charge in [-0.25, -0.2) is 23.9 Å². The second-order valence-electron chi connectivity index (χ2n) is 10.4. The normalized spacial score (nSPS) is 12.0. The highest BCUT2D eigenvalue weighted by Crippen LogP contribution is 2.20. The second-order valence-corrected chi connectivity index (χ2v) is 10.4. The highest BCUT2D eigenvalue weighted by Gasteiger charge is 2.27. The highest BCUT2D eigenvalue weighted by atomic mass is 16.6. The van der Waals surface area contributed by atoms with Gasteiger partial charge in [0.05, 0.1) is 23.3 Å². The zero-order valence-electron chi connectivity index (χ0n) is 21.7. The van der Waals surface area contributed by atoms with Crippen LogP contribution in [0.2, 0.25) is 0 Å². The summed E-state index contributed by atoms with van der Waals surface area (Å²) in [5, 5.41) is 13.6. The predicted molar refractivity (Wildman–Crippen MR) is 132 cm³/mol. The van der Waals surface area contributed by atoms with Crippen LogP contribution in [0.25, 0.3) is 11.0 Å². The Bertz CT molecular complexity index is 1280. The number of ether oxygens (including phenoxy) is 2. The third-order valence-corrected chi connectivity index (χ3v) is 4.97. The van der Waals surface area contributed by atoms with Crippen LogP contribution in [0.3, 0.4) is 0 Å². The molecule has 3 rings (SSSR count). The van der Waals surface area contributed by atoms with Gasteiger partial charge in [0.2, 0.25) is 0 Å². The molecule has 194 valence electrons. The minimum absolute atomic E-state index is 0.000794. The molecule has 11 nitrogen and oxygen atoms in total. The van der Waals surface area contributed by atoms with Crippen LogP contribution in [0.15, 0.2) is 30.3 Å². The van der Waals surface area contributed by atoms with Crippen molar-refractivity contribution < 1.29 is 29.0 Å². The van der Waals surface area contributed by atoms with Crippen molar-refractivity contribution in [2.75, 3.05) is 6.54 Å². The van der Waals surface area contributed by atoms with Gasteiger partial charge in [-0.15, -0.1) is 0 Å². The topological polar surface area (TPSA) is 129 Å². The average Bonchev–Trinajstić information content (AvgIpc) is 3.28. The molecule has 0 aliphatic rings. The number of imidazole rings is 1. The van der Waals surface area contributed by atoms with Gasteiger partial charge < -0.3 is 19.5 Å². The molecule has 0 fully saturated rings. The van der Waals surface area contributed by atoms with Crippen molar-refractivity contribution in [3.05, 3.63) is 47.5 Å². The number of aryl methyl sites for hydroxylation is 1. The Kier molecular flexibility index (Phi) is 7.42. The van der Waals surface area contributed by atoms with Crippen molar-refractivity contribution >= 4 is 29.2 Å². The number of carboxylic acids is 1. The summed E-state index contributed by atoms with van der Waals surface area (Å²) < 4.78 is 13.8. The molecular formula is C25H33N5O6. The van der Waals surface area contributed by atoms with Gasteiger partial charge in [0.15, 0.2) is 0 Å². The van der Waals surface area contributed by atoms with Gasteiger partial charge >= 0.3 is 18.2 Å². The number of amides is 1. The van der Waals surface area contributed by atoms with Crippen molar-refractivity contribution in [2.24, 2.45) is 7.05 Å². The molecule has 0 spiro atoms. The van der Waals surface area contributed by atoms with E-state index in [-0.39, 0.29) is 25.2 Å². The molecule has 2 heterocycles. The summed E-state index contributed by atoms with van der Waals surface area (Å²) in [6.45, 7) is 10.8. The van der Waals surface area contributed by atoms with Crippen molar-refractivity contribution in [3.8, 4) is 0 Å². The van der Waals surface area contributed by atoms with Crippen LogP contribution >= 0.6 is 0 Å². The summed E-state index contributed by atoms with van der Waals surface area (Å²) in [4.78, 5) is 43.5. The first-order valence-corrected chi connectivity index (χ1v) is 11.6. The summed E-state index contributed by atoms with van der Waals surface area (Å²) in [5.74, 6) is -0.697. The maximum absolute atomic E-state index is 13.0. The predicted octanol–water partition coefficient (Wildman–Crippen LogP) is 4.23. The molecule has 36 heavy (non-hydrogen) atoms. The third-order valence-electron chi connectivity index (χ3n) is 4.97. The molecule has 0 unspecified atom stereocenters. The Morgan fingerprint density at radius 2 is 1.67 bits per heavy atom. The molecule has 0 aliphatic carbocycles. The number of carboxylic acid groups (broad SMARTS) is 1. The van der Waals surface area contributed by atoms with E-state index in [2.05, 4.69) is 10.1 Å². The number of hydrogen-bond acceptors (Lipinski definition) is 7. The lowest BCUT2D eigenvalue weighted by Crippen LogP contribution is -2.38. The van der Waals surface area contributed by atoms with E-state index in [9.17, 15) is 19.5 Å². The number of aromatic carboxylic acids is 1. The fraction of sp³-hybridized carbons (Fsp3) is 0.480. The first-order valence-electron chi connectivity index (χ1n) is 11.6. The van der Waals surface area contributed by atoms with Crippen LogP contribution in [0.5, 0.6) is 0 Å². The fourth-order valence-electron chi connectivity index (χ4n) is 3.55. The smallest absolute Gasteiger partial charge is 0.420 e. The van der Waals surface area contributed by atoms with Crippen molar-refractivity contribution in [1.82, 2.24) is 24.2 Å². The molecule has 0 bridgehead atoms. The lowest BCUT2D eigenvalue weighted by molar-refractivity contribution is 0.0232. The molecule has 0 radical (unpaired) electrons. The van der Waals surface area contributed by atoms with E-state index in [1.54, 1.807) is 53.7 Å². The largest absolute Gasteiger partial charge is 0.477 e. The van der Waals surface area contributed by atoms with Gasteiger partial charge in [0, 0.05) is 20.0 Å². The molecule has 0 saturated heterocycles. The van der Waals surface area contributed by atoms with Crippen LogP contribution < -0.4 is 0 Å². The molecule has 11 heteroatoms. The Morgan fingerprint density at radius 1 is 1.03 bits per heavy atom. The number of hydrogen-bond donors (Lipinski definition) is 1. The Hall–Kier alpha value is -3.89. The first kappa shape index (κ1) is 26.7. The summed E-state index contributed by atoms with van der Waals surface area (Å²) in [6.07, 6.45) is -0.943. The SMILES string of the molecule is Cn1nc(CN(CCc2nc3ccccc3n2C(=O)OC(C)(C)C)C(=O)OC(C)(C)C)cc1C(=O)O. The molecule has 1 amide bonds. The number of carbonyl (C=O) groups is 3. The quantitative estimate of drug-likeness (QED) is 0.533. The third kappa shape index (κ3) is 6.61. The van der Waals surface area contributed by atoms with E-state index in [1.165, 1.54) is 27.3 Å². The van der Waals surface area contributed by atoms with E-state index >= 15 is 0 Å². The Balaban J connectivity index is 1.92. The van der Waals surface area contributed by atoms with E-state index in [1.807, 2.05) is 12.1 Å². The monoisotopic (exact) mass is 499 g/mol. The summed E-state index contributed by atoms with van der Waals surface area (Å²) in [6, 6.07) is 8.63. The summed E-state index contributed by atoms with van der Waals surface area (Å²) in [7, 11) is 1.52. The van der Waals surface area contributed by atoms with E-state index < -0.39 is 29.4 Å². The molecule has 1 N–H and O–H groups in total. The van der Waals surface area contributed by atoms with Crippen LogP contribution in [0.4, 0.5) is 9.59 Å². The first-order chi connectivity index (χ1) is 16.6. The number of nitrogens with zero attached hydrogens (tertiary/aromatic N) is 5. The molecule has 1 aromatic carbocycles. The fourth-order valence-corrected chi connectivity index (χ4v) is 3.55. The van der Waals surface area contributed by atoms with Crippen molar-refractivity contribution in [1.29, 1.82) is 0 Å². The van der Waals surface area contributed by atoms with Crippen LogP contribution in [-0.2, 0) is 29.5 Å². The van der Waals surface area contributed by atoms with Crippen molar-refractivity contribution in [2.45, 2.75) is 65.7 Å². The Morgan fingerprint density at radius 3 is 2.25 bits per heavy atom. The molecule has 2 aromatic heterocycles.